The summed E-state index contributed by atoms with van der Waals surface area (Å²) in [6.07, 6.45) is -0.0976. The van der Waals surface area contributed by atoms with Crippen LogP contribution in [0.4, 0.5) is 0 Å². The largest absolute Gasteiger partial charge is 0.493 e. The third kappa shape index (κ3) is 10.3. The average molecular weight is 569 g/mol. The highest BCUT2D eigenvalue weighted by Crippen LogP contribution is 2.26. The predicted octanol–water partition coefficient (Wildman–Crippen LogP) is 4.36. The standard InChI is InChI=1S/C25H36N4O3.HI/c1-7-26-24(27-16-18(2)32-22-14-9-8-13-21(22)31-6)28-17-19-11-10-12-20(15-19)23(30)29-25(3,4)5;/h8-15,18H,7,16-17H2,1-6H3,(H,29,30)(H2,26,27,28);1H. The number of rotatable bonds is 9. The Hall–Kier alpha value is -2.49. The van der Waals surface area contributed by atoms with Crippen LogP contribution in [0.5, 0.6) is 11.5 Å². The molecule has 0 bridgehead atoms. The number of amides is 1. The predicted molar refractivity (Wildman–Crippen MR) is 145 cm³/mol. The molecule has 3 N–H and O–H groups in total. The SMILES string of the molecule is CCNC(=NCc1cccc(C(=O)NC(C)(C)C)c1)NCC(C)Oc1ccccc1OC.I. The van der Waals surface area contributed by atoms with Gasteiger partial charge in [0.25, 0.3) is 5.91 Å². The lowest BCUT2D eigenvalue weighted by Crippen LogP contribution is -2.41. The van der Waals surface area contributed by atoms with Gasteiger partial charge in [-0.3, -0.25) is 4.79 Å². The second-order valence-electron chi connectivity index (χ2n) is 8.56. The third-order valence-corrected chi connectivity index (χ3v) is 4.40. The van der Waals surface area contributed by atoms with Crippen molar-refractivity contribution in [1.82, 2.24) is 16.0 Å². The lowest BCUT2D eigenvalue weighted by molar-refractivity contribution is 0.0919. The molecule has 2 aromatic carbocycles. The van der Waals surface area contributed by atoms with E-state index >= 15 is 0 Å². The number of methoxy groups -OCH3 is 1. The van der Waals surface area contributed by atoms with Gasteiger partial charge < -0.3 is 25.4 Å². The second kappa shape index (κ2) is 13.9. The number of guanidine groups is 1. The fourth-order valence-electron chi connectivity index (χ4n) is 2.95. The van der Waals surface area contributed by atoms with E-state index in [1.54, 1.807) is 7.11 Å². The van der Waals surface area contributed by atoms with Crippen LogP contribution in [0.1, 0.15) is 50.5 Å². The van der Waals surface area contributed by atoms with Crippen molar-refractivity contribution in [1.29, 1.82) is 0 Å². The number of nitrogens with zero attached hydrogens (tertiary/aromatic N) is 1. The van der Waals surface area contributed by atoms with Crippen molar-refractivity contribution in [3.63, 3.8) is 0 Å². The number of nitrogens with one attached hydrogen (secondary N) is 3. The molecule has 182 valence electrons. The quantitative estimate of drug-likeness (QED) is 0.238. The van der Waals surface area contributed by atoms with Gasteiger partial charge in [-0.1, -0.05) is 24.3 Å². The Labute approximate surface area is 214 Å². The van der Waals surface area contributed by atoms with Crippen molar-refractivity contribution in [3.05, 3.63) is 59.7 Å². The minimum absolute atomic E-state index is 0. The van der Waals surface area contributed by atoms with E-state index in [0.29, 0.717) is 36.1 Å². The minimum atomic E-state index is -0.282. The summed E-state index contributed by atoms with van der Waals surface area (Å²) in [5.74, 6) is 2.01. The van der Waals surface area contributed by atoms with E-state index < -0.39 is 0 Å². The molecule has 1 atom stereocenters. The average Bonchev–Trinajstić information content (AvgIpc) is 2.75. The van der Waals surface area contributed by atoms with Crippen LogP contribution in [0.25, 0.3) is 0 Å². The van der Waals surface area contributed by atoms with Gasteiger partial charge in [0, 0.05) is 17.6 Å². The maximum Gasteiger partial charge on any atom is 0.251 e. The number of para-hydroxylation sites is 2. The molecular formula is C25H37IN4O3. The first-order valence-corrected chi connectivity index (χ1v) is 10.9. The van der Waals surface area contributed by atoms with E-state index in [-0.39, 0.29) is 41.5 Å². The summed E-state index contributed by atoms with van der Waals surface area (Å²) in [4.78, 5) is 17.1. The Balaban J connectivity index is 0.00000544. The first kappa shape index (κ1) is 28.5. The zero-order chi connectivity index (χ0) is 23.6. The Bertz CT molecular complexity index is 913. The summed E-state index contributed by atoms with van der Waals surface area (Å²) in [5, 5.41) is 9.54. The normalized spacial score (nSPS) is 12.2. The maximum absolute atomic E-state index is 12.4. The zero-order valence-corrected chi connectivity index (χ0v) is 22.7. The molecule has 0 radical (unpaired) electrons. The number of ether oxygens (including phenoxy) is 2. The molecule has 1 amide bonds. The van der Waals surface area contributed by atoms with Gasteiger partial charge in [0.2, 0.25) is 0 Å². The summed E-state index contributed by atoms with van der Waals surface area (Å²) in [6.45, 7) is 11.7. The highest BCUT2D eigenvalue weighted by Gasteiger charge is 2.15. The van der Waals surface area contributed by atoms with Crippen molar-refractivity contribution in [2.75, 3.05) is 20.2 Å². The number of benzene rings is 2. The molecule has 2 rings (SSSR count). The molecule has 0 aliphatic rings. The van der Waals surface area contributed by atoms with E-state index in [0.717, 1.165) is 12.1 Å². The molecule has 1 unspecified atom stereocenters. The highest BCUT2D eigenvalue weighted by atomic mass is 127. The topological polar surface area (TPSA) is 84.0 Å². The molecular weight excluding hydrogens is 531 g/mol. The van der Waals surface area contributed by atoms with E-state index in [1.165, 1.54) is 0 Å². The lowest BCUT2D eigenvalue weighted by Gasteiger charge is -2.20. The van der Waals surface area contributed by atoms with Crippen molar-refractivity contribution >= 4 is 35.8 Å². The fraction of sp³-hybridized carbons (Fsp3) is 0.440. The monoisotopic (exact) mass is 568 g/mol. The highest BCUT2D eigenvalue weighted by molar-refractivity contribution is 14.0. The van der Waals surface area contributed by atoms with Crippen molar-refractivity contribution < 1.29 is 14.3 Å². The van der Waals surface area contributed by atoms with Crippen LogP contribution in [-0.2, 0) is 6.54 Å². The maximum atomic E-state index is 12.4. The molecule has 0 fully saturated rings. The summed E-state index contributed by atoms with van der Waals surface area (Å²) in [5.41, 5.74) is 1.31. The van der Waals surface area contributed by atoms with Crippen molar-refractivity contribution in [2.45, 2.75) is 52.8 Å². The van der Waals surface area contributed by atoms with Crippen LogP contribution in [0.3, 0.4) is 0 Å². The van der Waals surface area contributed by atoms with Crippen LogP contribution < -0.4 is 25.4 Å². The third-order valence-electron chi connectivity index (χ3n) is 4.40. The van der Waals surface area contributed by atoms with E-state index in [4.69, 9.17) is 9.47 Å². The molecule has 7 nitrogen and oxygen atoms in total. The van der Waals surface area contributed by atoms with E-state index in [2.05, 4.69) is 20.9 Å². The Morgan fingerprint density at radius 1 is 1.06 bits per heavy atom. The number of halogens is 1. The fourth-order valence-corrected chi connectivity index (χ4v) is 2.95. The molecule has 0 aromatic heterocycles. The molecule has 33 heavy (non-hydrogen) atoms. The molecule has 8 heteroatoms. The molecule has 0 heterocycles. The zero-order valence-electron chi connectivity index (χ0n) is 20.4. The van der Waals surface area contributed by atoms with Gasteiger partial charge in [0.15, 0.2) is 17.5 Å². The van der Waals surface area contributed by atoms with E-state index in [9.17, 15) is 4.79 Å². The lowest BCUT2D eigenvalue weighted by atomic mass is 10.1. The summed E-state index contributed by atoms with van der Waals surface area (Å²) in [7, 11) is 1.63. The number of carbonyl (C=O) groups excluding carboxylic acids is 1. The van der Waals surface area contributed by atoms with Gasteiger partial charge in [-0.2, -0.15) is 0 Å². The van der Waals surface area contributed by atoms with E-state index in [1.807, 2.05) is 83.1 Å². The second-order valence-corrected chi connectivity index (χ2v) is 8.56. The summed E-state index contributed by atoms with van der Waals surface area (Å²) < 4.78 is 11.3. The number of aliphatic imine (C=N–C) groups is 1. The molecule has 0 aliphatic carbocycles. The summed E-state index contributed by atoms with van der Waals surface area (Å²) >= 11 is 0. The Morgan fingerprint density at radius 3 is 2.39 bits per heavy atom. The van der Waals surface area contributed by atoms with Crippen LogP contribution in [0.2, 0.25) is 0 Å². The van der Waals surface area contributed by atoms with Crippen LogP contribution in [0.15, 0.2) is 53.5 Å². The smallest absolute Gasteiger partial charge is 0.251 e. The molecule has 2 aromatic rings. The van der Waals surface area contributed by atoms with Gasteiger partial charge in [0.1, 0.15) is 6.10 Å². The molecule has 0 saturated carbocycles. The van der Waals surface area contributed by atoms with Crippen molar-refractivity contribution in [3.8, 4) is 11.5 Å². The number of hydrogen-bond donors (Lipinski definition) is 3. The molecule has 0 spiro atoms. The van der Waals surface area contributed by atoms with Gasteiger partial charge in [-0.25, -0.2) is 4.99 Å². The number of hydrogen-bond acceptors (Lipinski definition) is 4. The van der Waals surface area contributed by atoms with Gasteiger partial charge in [-0.15, -0.1) is 24.0 Å². The van der Waals surface area contributed by atoms with Gasteiger partial charge in [0.05, 0.1) is 20.2 Å². The Kier molecular flexibility index (Phi) is 12.0. The van der Waals surface area contributed by atoms with Crippen LogP contribution in [-0.4, -0.2) is 43.7 Å². The first-order valence-electron chi connectivity index (χ1n) is 10.9. The first-order chi connectivity index (χ1) is 15.2. The van der Waals surface area contributed by atoms with Crippen LogP contribution >= 0.6 is 24.0 Å². The van der Waals surface area contributed by atoms with Crippen molar-refractivity contribution in [2.24, 2.45) is 4.99 Å². The molecule has 0 saturated heterocycles. The Morgan fingerprint density at radius 2 is 1.76 bits per heavy atom. The minimum Gasteiger partial charge on any atom is -0.493 e. The molecule has 0 aliphatic heterocycles. The van der Waals surface area contributed by atoms with Gasteiger partial charge in [-0.05, 0) is 64.4 Å². The van der Waals surface area contributed by atoms with Gasteiger partial charge >= 0.3 is 0 Å². The summed E-state index contributed by atoms with van der Waals surface area (Å²) in [6, 6.07) is 15.1. The van der Waals surface area contributed by atoms with Crippen LogP contribution in [0, 0.1) is 0 Å². The number of carbonyl (C=O) groups is 1.